The second-order valence-corrected chi connectivity index (χ2v) is 8.12. The first kappa shape index (κ1) is 16.0. The molecule has 21 heavy (non-hydrogen) atoms. The predicted octanol–water partition coefficient (Wildman–Crippen LogP) is 2.64. The zero-order valence-electron chi connectivity index (χ0n) is 12.7. The molecule has 1 aromatic rings. The van der Waals surface area contributed by atoms with Gasteiger partial charge in [-0.15, -0.1) is 0 Å². The van der Waals surface area contributed by atoms with Crippen molar-refractivity contribution in [3.63, 3.8) is 0 Å². The molecule has 0 spiro atoms. The van der Waals surface area contributed by atoms with Gasteiger partial charge in [-0.2, -0.15) is 0 Å². The number of amides is 1. The van der Waals surface area contributed by atoms with Gasteiger partial charge < -0.3 is 4.90 Å². The van der Waals surface area contributed by atoms with Crippen molar-refractivity contribution in [1.82, 2.24) is 4.90 Å². The van der Waals surface area contributed by atoms with Gasteiger partial charge in [0.25, 0.3) is 5.91 Å². The van der Waals surface area contributed by atoms with Crippen LogP contribution < -0.4 is 0 Å². The zero-order chi connectivity index (χ0) is 15.5. The van der Waals surface area contributed by atoms with E-state index in [4.69, 9.17) is 0 Å². The zero-order valence-corrected chi connectivity index (χ0v) is 13.5. The van der Waals surface area contributed by atoms with E-state index in [2.05, 4.69) is 0 Å². The highest BCUT2D eigenvalue weighted by molar-refractivity contribution is 7.89. The van der Waals surface area contributed by atoms with Crippen LogP contribution in [-0.4, -0.2) is 38.6 Å². The Morgan fingerprint density at radius 2 is 1.90 bits per heavy atom. The third kappa shape index (κ3) is 4.56. The van der Waals surface area contributed by atoms with Crippen LogP contribution in [0.1, 0.15) is 48.0 Å². The minimum absolute atomic E-state index is 0.0164. The SMILES string of the molecule is CN(C(=O)c1cccc(CS(C)(=O)=O)c1)C1CCCCC1. The molecule has 4 nitrogen and oxygen atoms in total. The fraction of sp³-hybridized carbons (Fsp3) is 0.562. The van der Waals surface area contributed by atoms with Gasteiger partial charge in [-0.25, -0.2) is 8.42 Å². The monoisotopic (exact) mass is 309 g/mol. The van der Waals surface area contributed by atoms with E-state index in [0.29, 0.717) is 17.2 Å². The molecule has 0 radical (unpaired) electrons. The minimum Gasteiger partial charge on any atom is -0.339 e. The molecule has 0 bridgehead atoms. The predicted molar refractivity (Wildman–Crippen MR) is 84.0 cm³/mol. The summed E-state index contributed by atoms with van der Waals surface area (Å²) in [5.74, 6) is -0.0430. The van der Waals surface area contributed by atoms with E-state index in [9.17, 15) is 13.2 Å². The molecule has 0 aromatic heterocycles. The Kier molecular flexibility index (Phi) is 5.04. The normalized spacial score (nSPS) is 16.7. The Balaban J connectivity index is 2.13. The lowest BCUT2D eigenvalue weighted by molar-refractivity contribution is 0.0696. The standard InChI is InChI=1S/C16H23NO3S/c1-17(15-9-4-3-5-10-15)16(18)14-8-6-7-13(11-14)12-21(2,19)20/h6-8,11,15H,3-5,9-10,12H2,1-2H3. The molecule has 0 aliphatic heterocycles. The first-order valence-electron chi connectivity index (χ1n) is 7.40. The molecule has 1 saturated carbocycles. The van der Waals surface area contributed by atoms with Gasteiger partial charge in [0.15, 0.2) is 9.84 Å². The molecule has 0 unspecified atom stereocenters. The van der Waals surface area contributed by atoms with Crippen LogP contribution in [0.4, 0.5) is 0 Å². The van der Waals surface area contributed by atoms with Gasteiger partial charge in [0.2, 0.25) is 0 Å². The second kappa shape index (κ2) is 6.60. The highest BCUT2D eigenvalue weighted by Gasteiger charge is 2.23. The van der Waals surface area contributed by atoms with Crippen LogP contribution in [0.15, 0.2) is 24.3 Å². The largest absolute Gasteiger partial charge is 0.339 e. The van der Waals surface area contributed by atoms with Crippen molar-refractivity contribution in [2.24, 2.45) is 0 Å². The summed E-state index contributed by atoms with van der Waals surface area (Å²) in [7, 11) is -1.24. The Bertz CT molecular complexity index is 604. The van der Waals surface area contributed by atoms with E-state index in [1.165, 1.54) is 25.5 Å². The first-order chi connectivity index (χ1) is 9.87. The number of sulfone groups is 1. The molecule has 2 rings (SSSR count). The average molecular weight is 309 g/mol. The highest BCUT2D eigenvalue weighted by atomic mass is 32.2. The summed E-state index contributed by atoms with van der Waals surface area (Å²) in [5, 5.41) is 0. The van der Waals surface area contributed by atoms with Crippen molar-refractivity contribution >= 4 is 15.7 Å². The summed E-state index contributed by atoms with van der Waals surface area (Å²) in [6.45, 7) is 0. The lowest BCUT2D eigenvalue weighted by Crippen LogP contribution is -2.38. The van der Waals surface area contributed by atoms with Crippen molar-refractivity contribution in [2.45, 2.75) is 43.9 Å². The second-order valence-electron chi connectivity index (χ2n) is 5.98. The molecule has 5 heteroatoms. The third-order valence-corrected chi connectivity index (χ3v) is 4.90. The van der Waals surface area contributed by atoms with Crippen LogP contribution in [0.2, 0.25) is 0 Å². The number of nitrogens with zero attached hydrogens (tertiary/aromatic N) is 1. The van der Waals surface area contributed by atoms with Gasteiger partial charge >= 0.3 is 0 Å². The maximum Gasteiger partial charge on any atom is 0.253 e. The summed E-state index contributed by atoms with van der Waals surface area (Å²) < 4.78 is 22.7. The van der Waals surface area contributed by atoms with Crippen molar-refractivity contribution in [1.29, 1.82) is 0 Å². The average Bonchev–Trinajstić information content (AvgIpc) is 2.45. The summed E-state index contributed by atoms with van der Waals surface area (Å²) in [5.41, 5.74) is 1.24. The van der Waals surface area contributed by atoms with Crippen molar-refractivity contribution in [3.8, 4) is 0 Å². The number of rotatable bonds is 4. The third-order valence-electron chi connectivity index (χ3n) is 4.05. The van der Waals surface area contributed by atoms with Gasteiger partial charge in [0.1, 0.15) is 0 Å². The summed E-state index contributed by atoms with van der Waals surface area (Å²) in [6.07, 6.45) is 6.93. The van der Waals surface area contributed by atoms with Gasteiger partial charge in [-0.05, 0) is 30.5 Å². The van der Waals surface area contributed by atoms with Crippen molar-refractivity contribution < 1.29 is 13.2 Å². The van der Waals surface area contributed by atoms with Crippen LogP contribution >= 0.6 is 0 Å². The lowest BCUT2D eigenvalue weighted by Gasteiger charge is -2.31. The molecular formula is C16H23NO3S. The molecule has 1 aliphatic carbocycles. The van der Waals surface area contributed by atoms with E-state index in [-0.39, 0.29) is 11.7 Å². The lowest BCUT2D eigenvalue weighted by atomic mass is 9.94. The Morgan fingerprint density at radius 3 is 2.52 bits per heavy atom. The highest BCUT2D eigenvalue weighted by Crippen LogP contribution is 2.23. The Morgan fingerprint density at radius 1 is 1.24 bits per heavy atom. The Labute approximate surface area is 127 Å². The minimum atomic E-state index is -3.09. The molecule has 1 fully saturated rings. The first-order valence-corrected chi connectivity index (χ1v) is 9.47. The van der Waals surface area contributed by atoms with Crippen LogP contribution in [0.5, 0.6) is 0 Å². The van der Waals surface area contributed by atoms with Crippen molar-refractivity contribution in [2.75, 3.05) is 13.3 Å². The fourth-order valence-corrected chi connectivity index (χ4v) is 3.72. The van der Waals surface area contributed by atoms with Gasteiger partial charge in [0, 0.05) is 24.9 Å². The number of benzene rings is 1. The van der Waals surface area contributed by atoms with E-state index in [1.807, 2.05) is 11.9 Å². The van der Waals surface area contributed by atoms with Gasteiger partial charge in [0.05, 0.1) is 5.75 Å². The Hall–Kier alpha value is -1.36. The summed E-state index contributed by atoms with van der Waals surface area (Å²) in [4.78, 5) is 14.4. The number of carbonyl (C=O) groups excluding carboxylic acids is 1. The number of carbonyl (C=O) groups is 1. The van der Waals surface area contributed by atoms with Crippen LogP contribution in [-0.2, 0) is 15.6 Å². The molecule has 1 aromatic carbocycles. The van der Waals surface area contributed by atoms with Crippen LogP contribution in [0.3, 0.4) is 0 Å². The van der Waals surface area contributed by atoms with Crippen molar-refractivity contribution in [3.05, 3.63) is 35.4 Å². The van der Waals surface area contributed by atoms with E-state index in [0.717, 1.165) is 12.8 Å². The van der Waals surface area contributed by atoms with E-state index in [1.54, 1.807) is 24.3 Å². The van der Waals surface area contributed by atoms with Gasteiger partial charge in [-0.3, -0.25) is 4.79 Å². The molecule has 0 N–H and O–H groups in total. The summed E-state index contributed by atoms with van der Waals surface area (Å²) >= 11 is 0. The van der Waals surface area contributed by atoms with E-state index >= 15 is 0 Å². The molecule has 0 atom stereocenters. The van der Waals surface area contributed by atoms with Crippen LogP contribution in [0, 0.1) is 0 Å². The molecule has 1 amide bonds. The summed E-state index contributed by atoms with van der Waals surface area (Å²) in [6, 6.07) is 7.27. The van der Waals surface area contributed by atoms with Gasteiger partial charge in [-0.1, -0.05) is 31.4 Å². The fourth-order valence-electron chi connectivity index (χ4n) is 2.93. The quantitative estimate of drug-likeness (QED) is 0.859. The molecule has 1 aliphatic rings. The number of hydrogen-bond donors (Lipinski definition) is 0. The topological polar surface area (TPSA) is 54.5 Å². The molecular weight excluding hydrogens is 286 g/mol. The molecule has 116 valence electrons. The maximum atomic E-state index is 12.5. The van der Waals surface area contributed by atoms with Crippen LogP contribution in [0.25, 0.3) is 0 Å². The molecule has 0 saturated heterocycles. The molecule has 0 heterocycles. The maximum absolute atomic E-state index is 12.5. The van der Waals surface area contributed by atoms with E-state index < -0.39 is 9.84 Å². The number of hydrogen-bond acceptors (Lipinski definition) is 3. The smallest absolute Gasteiger partial charge is 0.253 e.